The highest BCUT2D eigenvalue weighted by Gasteiger charge is 2.20. The third-order valence-electron chi connectivity index (χ3n) is 5.93. The Balaban J connectivity index is 1.30. The van der Waals surface area contributed by atoms with Crippen LogP contribution in [0.1, 0.15) is 39.4 Å². The summed E-state index contributed by atoms with van der Waals surface area (Å²) in [5, 5.41) is 4.42. The van der Waals surface area contributed by atoms with Crippen molar-refractivity contribution < 1.29 is 9.59 Å². The van der Waals surface area contributed by atoms with Crippen LogP contribution in [0.15, 0.2) is 84.9 Å². The van der Waals surface area contributed by atoms with E-state index in [1.165, 1.54) is 12.8 Å². The molecule has 2 heterocycles. The first-order valence-electron chi connectivity index (χ1n) is 11.7. The van der Waals surface area contributed by atoms with Crippen LogP contribution in [0.4, 0.5) is 0 Å². The van der Waals surface area contributed by atoms with Gasteiger partial charge in [0, 0.05) is 17.7 Å². The minimum Gasteiger partial charge on any atom is -0.299 e. The molecule has 1 aliphatic rings. The fourth-order valence-corrected chi connectivity index (χ4v) is 4.18. The van der Waals surface area contributed by atoms with E-state index in [2.05, 4.69) is 25.8 Å². The highest BCUT2D eigenvalue weighted by Crippen LogP contribution is 2.21. The molecule has 1 aliphatic heterocycles. The van der Waals surface area contributed by atoms with Crippen molar-refractivity contribution in [3.63, 3.8) is 0 Å². The summed E-state index contributed by atoms with van der Waals surface area (Å²) in [6.07, 6.45) is 2.43. The number of hydrazine groups is 1. The number of benzene rings is 3. The van der Waals surface area contributed by atoms with E-state index in [9.17, 15) is 9.59 Å². The van der Waals surface area contributed by atoms with Crippen LogP contribution in [-0.4, -0.2) is 44.6 Å². The van der Waals surface area contributed by atoms with Crippen LogP contribution in [0, 0.1) is 0 Å². The van der Waals surface area contributed by atoms with Gasteiger partial charge in [0.05, 0.1) is 5.69 Å². The van der Waals surface area contributed by atoms with E-state index in [1.807, 2.05) is 78.9 Å². The van der Waals surface area contributed by atoms with Gasteiger partial charge in [-0.3, -0.25) is 25.3 Å². The SMILES string of the molecule is O=C(NNC(=O)c1nc(-c2ccccc2)n(-c2ccccc2)n1)c1cccc(CN2CCCC2)c1. The number of nitrogens with one attached hydrogen (secondary N) is 2. The van der Waals surface area contributed by atoms with E-state index in [1.54, 1.807) is 10.7 Å². The van der Waals surface area contributed by atoms with Crippen LogP contribution < -0.4 is 10.9 Å². The average molecular weight is 467 g/mol. The zero-order valence-electron chi connectivity index (χ0n) is 19.2. The molecule has 0 aliphatic carbocycles. The molecule has 2 amide bonds. The number of hydrogen-bond donors (Lipinski definition) is 2. The summed E-state index contributed by atoms with van der Waals surface area (Å²) in [4.78, 5) is 32.4. The highest BCUT2D eigenvalue weighted by molar-refractivity contribution is 5.97. The van der Waals surface area contributed by atoms with Gasteiger partial charge < -0.3 is 0 Å². The van der Waals surface area contributed by atoms with E-state index in [0.717, 1.165) is 36.4 Å². The first-order chi connectivity index (χ1) is 17.2. The zero-order chi connectivity index (χ0) is 24.0. The second-order valence-corrected chi connectivity index (χ2v) is 8.46. The largest absolute Gasteiger partial charge is 0.309 e. The van der Waals surface area contributed by atoms with Crippen LogP contribution in [0.3, 0.4) is 0 Å². The molecule has 0 unspecified atom stereocenters. The maximum Gasteiger partial charge on any atom is 0.309 e. The molecular formula is C27H26N6O2. The van der Waals surface area contributed by atoms with Gasteiger partial charge in [0.1, 0.15) is 0 Å². The highest BCUT2D eigenvalue weighted by atomic mass is 16.2. The molecule has 35 heavy (non-hydrogen) atoms. The number of hydrogen-bond acceptors (Lipinski definition) is 5. The van der Waals surface area contributed by atoms with Crippen LogP contribution in [0.25, 0.3) is 17.1 Å². The third kappa shape index (κ3) is 5.28. The maximum absolute atomic E-state index is 12.8. The Morgan fingerprint density at radius 2 is 1.49 bits per heavy atom. The van der Waals surface area contributed by atoms with Gasteiger partial charge in [-0.05, 0) is 55.8 Å². The molecule has 0 atom stereocenters. The molecule has 2 N–H and O–H groups in total. The van der Waals surface area contributed by atoms with Gasteiger partial charge in [0.25, 0.3) is 5.91 Å². The Kier molecular flexibility index (Phi) is 6.63. The van der Waals surface area contributed by atoms with Gasteiger partial charge in [-0.25, -0.2) is 9.67 Å². The molecule has 1 fully saturated rings. The first kappa shape index (κ1) is 22.5. The van der Waals surface area contributed by atoms with Gasteiger partial charge in [-0.15, -0.1) is 5.10 Å². The molecule has 1 aromatic heterocycles. The molecule has 176 valence electrons. The number of para-hydroxylation sites is 1. The molecule has 4 aromatic rings. The summed E-state index contributed by atoms with van der Waals surface area (Å²) in [6.45, 7) is 2.98. The number of carbonyl (C=O) groups is 2. The Labute approximate surface area is 203 Å². The van der Waals surface area contributed by atoms with Crippen molar-refractivity contribution in [3.8, 4) is 17.1 Å². The predicted molar refractivity (Wildman–Crippen MR) is 133 cm³/mol. The number of amides is 2. The van der Waals surface area contributed by atoms with Crippen molar-refractivity contribution in [2.75, 3.05) is 13.1 Å². The van der Waals surface area contributed by atoms with Crippen LogP contribution in [0.2, 0.25) is 0 Å². The molecule has 0 bridgehead atoms. The summed E-state index contributed by atoms with van der Waals surface area (Å²) in [6, 6.07) is 26.4. The predicted octanol–water partition coefficient (Wildman–Crippen LogP) is 3.60. The molecular weight excluding hydrogens is 440 g/mol. The monoisotopic (exact) mass is 466 g/mol. The number of aromatic nitrogens is 3. The van der Waals surface area contributed by atoms with Crippen molar-refractivity contribution in [1.82, 2.24) is 30.5 Å². The summed E-state index contributed by atoms with van der Waals surface area (Å²) in [7, 11) is 0. The van der Waals surface area contributed by atoms with Crippen LogP contribution >= 0.6 is 0 Å². The lowest BCUT2D eigenvalue weighted by Crippen LogP contribution is -2.42. The normalized spacial score (nSPS) is 13.5. The minimum atomic E-state index is -0.599. The lowest BCUT2D eigenvalue weighted by molar-refractivity contribution is 0.0841. The van der Waals surface area contributed by atoms with Crippen molar-refractivity contribution in [2.24, 2.45) is 0 Å². The van der Waals surface area contributed by atoms with Gasteiger partial charge in [0.15, 0.2) is 5.82 Å². The van der Waals surface area contributed by atoms with E-state index in [0.29, 0.717) is 11.4 Å². The van der Waals surface area contributed by atoms with Gasteiger partial charge >= 0.3 is 5.91 Å². The second kappa shape index (κ2) is 10.3. The van der Waals surface area contributed by atoms with Crippen LogP contribution in [-0.2, 0) is 6.54 Å². The average Bonchev–Trinajstić information content (AvgIpc) is 3.59. The summed E-state index contributed by atoms with van der Waals surface area (Å²) >= 11 is 0. The van der Waals surface area contributed by atoms with Crippen molar-refractivity contribution in [1.29, 1.82) is 0 Å². The summed E-state index contributed by atoms with van der Waals surface area (Å²) in [5.41, 5.74) is 8.08. The number of rotatable bonds is 6. The summed E-state index contributed by atoms with van der Waals surface area (Å²) in [5.74, 6) is -0.510. The molecule has 8 nitrogen and oxygen atoms in total. The van der Waals surface area contributed by atoms with E-state index >= 15 is 0 Å². The van der Waals surface area contributed by atoms with Crippen LogP contribution in [0.5, 0.6) is 0 Å². The van der Waals surface area contributed by atoms with Crippen molar-refractivity contribution in [3.05, 3.63) is 102 Å². The Morgan fingerprint density at radius 1 is 0.800 bits per heavy atom. The molecule has 1 saturated heterocycles. The smallest absolute Gasteiger partial charge is 0.299 e. The Hall–Kier alpha value is -4.30. The second-order valence-electron chi connectivity index (χ2n) is 8.46. The number of likely N-dealkylation sites (tertiary alicyclic amines) is 1. The lowest BCUT2D eigenvalue weighted by atomic mass is 10.1. The zero-order valence-corrected chi connectivity index (χ0v) is 19.2. The van der Waals surface area contributed by atoms with E-state index in [-0.39, 0.29) is 5.82 Å². The lowest BCUT2D eigenvalue weighted by Gasteiger charge is -2.15. The van der Waals surface area contributed by atoms with E-state index < -0.39 is 11.8 Å². The van der Waals surface area contributed by atoms with E-state index in [4.69, 9.17) is 0 Å². The fourth-order valence-electron chi connectivity index (χ4n) is 4.18. The summed E-state index contributed by atoms with van der Waals surface area (Å²) < 4.78 is 1.62. The molecule has 0 spiro atoms. The van der Waals surface area contributed by atoms with Gasteiger partial charge in [0.2, 0.25) is 5.82 Å². The van der Waals surface area contributed by atoms with Gasteiger partial charge in [-0.1, -0.05) is 60.7 Å². The standard InChI is InChI=1S/C27H26N6O2/c34-26(22-13-9-10-20(18-22)19-32-16-7-8-17-32)29-30-27(35)24-28-25(21-11-3-1-4-12-21)33(31-24)23-14-5-2-6-15-23/h1-6,9-15,18H,7-8,16-17,19H2,(H,29,34)(H,30,35). The minimum absolute atomic E-state index is 0.0456. The first-order valence-corrected chi connectivity index (χ1v) is 11.7. The van der Waals surface area contributed by atoms with Crippen molar-refractivity contribution in [2.45, 2.75) is 19.4 Å². The fraction of sp³-hybridized carbons (Fsp3) is 0.185. The van der Waals surface area contributed by atoms with Gasteiger partial charge in [-0.2, -0.15) is 0 Å². The molecule has 8 heteroatoms. The van der Waals surface area contributed by atoms with Crippen molar-refractivity contribution >= 4 is 11.8 Å². The molecule has 0 saturated carbocycles. The molecule has 3 aromatic carbocycles. The Bertz CT molecular complexity index is 1260. The molecule has 0 radical (unpaired) electrons. The Morgan fingerprint density at radius 3 is 2.23 bits per heavy atom. The molecule has 5 rings (SSSR count). The topological polar surface area (TPSA) is 92.2 Å². The quantitative estimate of drug-likeness (QED) is 0.424. The maximum atomic E-state index is 12.8. The number of nitrogens with zero attached hydrogens (tertiary/aromatic N) is 4. The third-order valence-corrected chi connectivity index (χ3v) is 5.93. The number of carbonyl (C=O) groups excluding carboxylic acids is 2.